The number of pyridine rings is 1. The number of ether oxygens (including phenoxy) is 1. The summed E-state index contributed by atoms with van der Waals surface area (Å²) >= 11 is 5.97. The van der Waals surface area contributed by atoms with Crippen LogP contribution in [0.15, 0.2) is 53.1 Å². The van der Waals surface area contributed by atoms with Crippen molar-refractivity contribution in [2.75, 3.05) is 11.9 Å². The van der Waals surface area contributed by atoms with Crippen LogP contribution < -0.4 is 5.32 Å². The maximum absolute atomic E-state index is 12.9. The van der Waals surface area contributed by atoms with Crippen molar-refractivity contribution in [1.82, 2.24) is 10.1 Å². The number of hydrogen-bond donors (Lipinski definition) is 1. The summed E-state index contributed by atoms with van der Waals surface area (Å²) in [6.45, 7) is 3.14. The van der Waals surface area contributed by atoms with Crippen LogP contribution in [-0.4, -0.2) is 28.6 Å². The number of hydrogen-bond acceptors (Lipinski definition) is 7. The third-order valence-corrected chi connectivity index (χ3v) is 5.20. The molecule has 2 aromatic heterocycles. The van der Waals surface area contributed by atoms with Gasteiger partial charge in [-0.05, 0) is 38.1 Å². The first-order valence-corrected chi connectivity index (χ1v) is 10.2. The van der Waals surface area contributed by atoms with Crippen LogP contribution >= 0.6 is 11.6 Å². The molecule has 0 fully saturated rings. The second kappa shape index (κ2) is 9.10. The van der Waals surface area contributed by atoms with Crippen molar-refractivity contribution >= 4 is 40.3 Å². The van der Waals surface area contributed by atoms with Gasteiger partial charge in [-0.25, -0.2) is 9.78 Å². The van der Waals surface area contributed by atoms with E-state index < -0.39 is 18.5 Å². The highest BCUT2D eigenvalue weighted by atomic mass is 35.5. The first kappa shape index (κ1) is 22.0. The molecule has 0 radical (unpaired) electrons. The number of nitrogens with one attached hydrogen (secondary N) is 1. The van der Waals surface area contributed by atoms with Crippen molar-refractivity contribution in [2.45, 2.75) is 13.8 Å². The van der Waals surface area contributed by atoms with Gasteiger partial charge in [0.1, 0.15) is 6.07 Å². The molecular weight excluding hydrogens is 444 g/mol. The predicted octanol–water partition coefficient (Wildman–Crippen LogP) is 4.83. The minimum atomic E-state index is -0.713. The Kier molecular flexibility index (Phi) is 6.07. The van der Waals surface area contributed by atoms with Gasteiger partial charge in [0.05, 0.1) is 32.9 Å². The highest BCUT2D eigenvalue weighted by molar-refractivity contribution is 6.32. The second-order valence-corrected chi connectivity index (χ2v) is 7.71. The Morgan fingerprint density at radius 1 is 1.15 bits per heavy atom. The van der Waals surface area contributed by atoms with Crippen LogP contribution in [0, 0.1) is 25.2 Å². The molecule has 0 aliphatic carbocycles. The maximum atomic E-state index is 12.9. The van der Waals surface area contributed by atoms with Crippen molar-refractivity contribution in [2.24, 2.45) is 0 Å². The van der Waals surface area contributed by atoms with E-state index in [1.807, 2.05) is 37.3 Å². The van der Waals surface area contributed by atoms with Gasteiger partial charge in [-0.3, -0.25) is 4.79 Å². The van der Waals surface area contributed by atoms with E-state index in [-0.39, 0.29) is 21.9 Å². The van der Waals surface area contributed by atoms with E-state index in [0.717, 1.165) is 11.1 Å². The monoisotopic (exact) mass is 460 g/mol. The largest absolute Gasteiger partial charge is 0.452 e. The molecule has 164 valence electrons. The van der Waals surface area contributed by atoms with Gasteiger partial charge in [0.2, 0.25) is 0 Å². The number of carbonyl (C=O) groups excluding carboxylic acids is 2. The Morgan fingerprint density at radius 2 is 1.91 bits per heavy atom. The van der Waals surface area contributed by atoms with Crippen LogP contribution in [0.4, 0.5) is 5.69 Å². The number of halogens is 1. The molecule has 2 aromatic carbocycles. The fourth-order valence-electron chi connectivity index (χ4n) is 3.22. The minimum absolute atomic E-state index is 0.198. The minimum Gasteiger partial charge on any atom is -0.452 e. The number of nitrogens with zero attached hydrogens (tertiary/aromatic N) is 3. The van der Waals surface area contributed by atoms with Gasteiger partial charge in [0.15, 0.2) is 6.61 Å². The van der Waals surface area contributed by atoms with Crippen molar-refractivity contribution < 1.29 is 18.8 Å². The predicted molar refractivity (Wildman–Crippen MR) is 122 cm³/mol. The number of aryl methyl sites for hydroxylation is 2. The second-order valence-electron chi connectivity index (χ2n) is 7.30. The molecule has 4 rings (SSSR count). The lowest BCUT2D eigenvalue weighted by Gasteiger charge is -2.09. The molecular formula is C24H17ClN4O4. The van der Waals surface area contributed by atoms with Crippen LogP contribution in [-0.2, 0) is 9.53 Å². The number of fused-ring (bicyclic) bond motifs is 1. The SMILES string of the molecule is Cc1ccc(-c2cc(C(=O)OCC(=O)Nc3ccc(C#N)c(Cl)c3)c3c(C)noc3n2)cc1. The van der Waals surface area contributed by atoms with Gasteiger partial charge in [0, 0.05) is 11.3 Å². The van der Waals surface area contributed by atoms with E-state index >= 15 is 0 Å². The summed E-state index contributed by atoms with van der Waals surface area (Å²) in [4.78, 5) is 29.6. The average molecular weight is 461 g/mol. The summed E-state index contributed by atoms with van der Waals surface area (Å²) < 4.78 is 10.5. The number of esters is 1. The number of amides is 1. The molecule has 0 saturated heterocycles. The Labute approximate surface area is 193 Å². The van der Waals surface area contributed by atoms with E-state index in [4.69, 9.17) is 26.1 Å². The molecule has 2 heterocycles. The molecule has 0 spiro atoms. The molecule has 0 aliphatic rings. The van der Waals surface area contributed by atoms with Gasteiger partial charge in [-0.15, -0.1) is 0 Å². The van der Waals surface area contributed by atoms with Crippen molar-refractivity contribution in [3.05, 3.63) is 75.9 Å². The first-order chi connectivity index (χ1) is 15.9. The van der Waals surface area contributed by atoms with E-state index in [1.165, 1.54) is 18.2 Å². The fourth-order valence-corrected chi connectivity index (χ4v) is 3.44. The van der Waals surface area contributed by atoms with Crippen molar-refractivity contribution in [3.8, 4) is 17.3 Å². The summed E-state index contributed by atoms with van der Waals surface area (Å²) in [5, 5.41) is 16.0. The molecule has 0 saturated carbocycles. The molecule has 9 heteroatoms. The number of benzene rings is 2. The number of rotatable bonds is 5. The van der Waals surface area contributed by atoms with E-state index in [0.29, 0.717) is 22.5 Å². The lowest BCUT2D eigenvalue weighted by atomic mass is 10.0. The third kappa shape index (κ3) is 4.68. The molecule has 33 heavy (non-hydrogen) atoms. The van der Waals surface area contributed by atoms with Gasteiger partial charge in [0.25, 0.3) is 11.6 Å². The zero-order chi connectivity index (χ0) is 23.5. The van der Waals surface area contributed by atoms with Crippen molar-refractivity contribution in [1.29, 1.82) is 5.26 Å². The van der Waals surface area contributed by atoms with Gasteiger partial charge < -0.3 is 14.6 Å². The highest BCUT2D eigenvalue weighted by Gasteiger charge is 2.21. The third-order valence-electron chi connectivity index (χ3n) is 4.89. The Hall–Kier alpha value is -4.22. The standard InChI is InChI=1S/C24H17ClN4O4/c1-13-3-5-15(6-4-13)20-10-18(22-14(2)29-33-23(22)28-20)24(31)32-12-21(30)27-17-8-7-16(11-26)19(25)9-17/h3-10H,12H2,1-2H3,(H,27,30). The summed E-state index contributed by atoms with van der Waals surface area (Å²) in [6, 6.07) is 15.6. The molecule has 0 aliphatic heterocycles. The quantitative estimate of drug-likeness (QED) is 0.424. The Balaban J connectivity index is 1.54. The molecule has 0 atom stereocenters. The van der Waals surface area contributed by atoms with Crippen LogP contribution in [0.2, 0.25) is 5.02 Å². The lowest BCUT2D eigenvalue weighted by Crippen LogP contribution is -2.21. The molecule has 4 aromatic rings. The summed E-state index contributed by atoms with van der Waals surface area (Å²) in [5.74, 6) is -1.27. The molecule has 0 unspecified atom stereocenters. The number of carbonyl (C=O) groups is 2. The zero-order valence-corrected chi connectivity index (χ0v) is 18.4. The van der Waals surface area contributed by atoms with E-state index in [1.54, 1.807) is 13.0 Å². The van der Waals surface area contributed by atoms with Crippen LogP contribution in [0.1, 0.15) is 27.2 Å². The topological polar surface area (TPSA) is 118 Å². The van der Waals surface area contributed by atoms with Gasteiger partial charge in [-0.1, -0.05) is 46.6 Å². The van der Waals surface area contributed by atoms with Gasteiger partial charge in [-0.2, -0.15) is 5.26 Å². The lowest BCUT2D eigenvalue weighted by molar-refractivity contribution is -0.119. The van der Waals surface area contributed by atoms with Crippen LogP contribution in [0.5, 0.6) is 0 Å². The smallest absolute Gasteiger partial charge is 0.339 e. The van der Waals surface area contributed by atoms with Crippen molar-refractivity contribution in [3.63, 3.8) is 0 Å². The van der Waals surface area contributed by atoms with Crippen LogP contribution in [0.25, 0.3) is 22.4 Å². The number of aromatic nitrogens is 2. The normalized spacial score (nSPS) is 10.6. The molecule has 0 bridgehead atoms. The Morgan fingerprint density at radius 3 is 2.61 bits per heavy atom. The number of anilines is 1. The molecule has 1 N–H and O–H groups in total. The van der Waals surface area contributed by atoms with Gasteiger partial charge >= 0.3 is 5.97 Å². The summed E-state index contributed by atoms with van der Waals surface area (Å²) in [5.41, 5.74) is 3.95. The van der Waals surface area contributed by atoms with Crippen LogP contribution in [0.3, 0.4) is 0 Å². The van der Waals surface area contributed by atoms with E-state index in [9.17, 15) is 9.59 Å². The fraction of sp³-hybridized carbons (Fsp3) is 0.125. The summed E-state index contributed by atoms with van der Waals surface area (Å²) in [7, 11) is 0. The molecule has 8 nitrogen and oxygen atoms in total. The maximum Gasteiger partial charge on any atom is 0.339 e. The average Bonchev–Trinajstić information content (AvgIpc) is 3.18. The van der Waals surface area contributed by atoms with E-state index in [2.05, 4.69) is 15.5 Å². The Bertz CT molecular complexity index is 1420. The zero-order valence-electron chi connectivity index (χ0n) is 17.7. The first-order valence-electron chi connectivity index (χ1n) is 9.86. The summed E-state index contributed by atoms with van der Waals surface area (Å²) in [6.07, 6.45) is 0. The highest BCUT2D eigenvalue weighted by Crippen LogP contribution is 2.28. The molecule has 1 amide bonds. The number of nitriles is 1.